The second-order valence-corrected chi connectivity index (χ2v) is 6.60. The molecule has 0 bridgehead atoms. The van der Waals surface area contributed by atoms with Gasteiger partial charge in [0.1, 0.15) is 5.44 Å². The first-order valence-electron chi connectivity index (χ1n) is 6.45. The molecule has 0 amide bonds. The third-order valence-corrected chi connectivity index (χ3v) is 4.97. The first-order chi connectivity index (χ1) is 7.86. The van der Waals surface area contributed by atoms with Gasteiger partial charge in [-0.1, -0.05) is 26.7 Å². The summed E-state index contributed by atoms with van der Waals surface area (Å²) in [4.78, 5) is 1.45. The van der Waals surface area contributed by atoms with Crippen molar-refractivity contribution < 1.29 is 4.74 Å². The number of unbranched alkanes of at least 4 members (excludes halogenated alkanes) is 2. The van der Waals surface area contributed by atoms with Crippen LogP contribution in [0, 0.1) is 0 Å². The van der Waals surface area contributed by atoms with E-state index < -0.39 is 0 Å². The lowest BCUT2D eigenvalue weighted by Crippen LogP contribution is -2.10. The molecule has 0 aromatic carbocycles. The van der Waals surface area contributed by atoms with Crippen LogP contribution in [-0.2, 0) is 4.74 Å². The van der Waals surface area contributed by atoms with E-state index >= 15 is 0 Å². The Balaban J connectivity index is 2.10. The van der Waals surface area contributed by atoms with Crippen molar-refractivity contribution >= 4 is 23.5 Å². The minimum absolute atomic E-state index is 0.419. The van der Waals surface area contributed by atoms with E-state index in [1.54, 1.807) is 0 Å². The number of thioether (sulfide) groups is 2. The zero-order valence-electron chi connectivity index (χ0n) is 10.5. The molecule has 1 unspecified atom stereocenters. The smallest absolute Gasteiger partial charge is 0.144 e. The van der Waals surface area contributed by atoms with Crippen molar-refractivity contribution in [3.05, 3.63) is 11.2 Å². The molecule has 1 heterocycles. The maximum Gasteiger partial charge on any atom is 0.144 e. The molecule has 1 aliphatic heterocycles. The third kappa shape index (κ3) is 6.09. The minimum atomic E-state index is 0.419. The van der Waals surface area contributed by atoms with Gasteiger partial charge in [0.15, 0.2) is 0 Å². The molecule has 0 N–H and O–H groups in total. The molecule has 0 radical (unpaired) electrons. The molecule has 1 atom stereocenters. The van der Waals surface area contributed by atoms with E-state index in [1.807, 2.05) is 29.8 Å². The fourth-order valence-electron chi connectivity index (χ4n) is 1.47. The maximum absolute atomic E-state index is 5.75. The first-order valence-corrected chi connectivity index (χ1v) is 8.49. The summed E-state index contributed by atoms with van der Waals surface area (Å²) in [6, 6.07) is 0. The van der Waals surface area contributed by atoms with Crippen molar-refractivity contribution in [3.63, 3.8) is 0 Å². The lowest BCUT2D eigenvalue weighted by molar-refractivity contribution is 0.198. The van der Waals surface area contributed by atoms with Crippen molar-refractivity contribution in [2.24, 2.45) is 0 Å². The third-order valence-electron chi connectivity index (χ3n) is 2.56. The molecular formula is C13H24OS2. The fraction of sp³-hybridized carbons (Fsp3) is 0.846. The second kappa shape index (κ2) is 9.29. The van der Waals surface area contributed by atoms with Crippen LogP contribution < -0.4 is 0 Å². The van der Waals surface area contributed by atoms with E-state index in [0.29, 0.717) is 5.44 Å². The molecule has 1 aliphatic rings. The molecule has 0 aliphatic carbocycles. The highest BCUT2D eigenvalue weighted by Gasteiger charge is 2.15. The molecule has 0 saturated heterocycles. The molecule has 1 rings (SSSR count). The molecule has 1 nitrogen and oxygen atoms in total. The van der Waals surface area contributed by atoms with Gasteiger partial charge in [-0.3, -0.25) is 0 Å². The summed E-state index contributed by atoms with van der Waals surface area (Å²) in [6.45, 7) is 4.48. The van der Waals surface area contributed by atoms with Gasteiger partial charge in [-0.15, -0.1) is 23.5 Å². The average molecular weight is 260 g/mol. The normalized spacial score (nSPS) is 20.4. The minimum Gasteiger partial charge on any atom is -0.487 e. The summed E-state index contributed by atoms with van der Waals surface area (Å²) in [5, 5.41) is 0. The molecule has 0 saturated carbocycles. The summed E-state index contributed by atoms with van der Waals surface area (Å²) in [5.74, 6) is 2.49. The highest BCUT2D eigenvalue weighted by molar-refractivity contribution is 8.03. The van der Waals surface area contributed by atoms with Gasteiger partial charge in [0, 0.05) is 4.91 Å². The second-order valence-electron chi connectivity index (χ2n) is 4.11. The zero-order chi connectivity index (χ0) is 11.6. The van der Waals surface area contributed by atoms with Gasteiger partial charge in [0.05, 0.1) is 6.26 Å². The van der Waals surface area contributed by atoms with Gasteiger partial charge in [0.2, 0.25) is 0 Å². The van der Waals surface area contributed by atoms with E-state index in [4.69, 9.17) is 4.74 Å². The van der Waals surface area contributed by atoms with Gasteiger partial charge in [-0.2, -0.15) is 0 Å². The van der Waals surface area contributed by atoms with E-state index in [2.05, 4.69) is 13.8 Å². The van der Waals surface area contributed by atoms with E-state index in [1.165, 1.54) is 54.9 Å². The molecule has 0 aromatic heterocycles. The quantitative estimate of drug-likeness (QED) is 0.566. The van der Waals surface area contributed by atoms with Crippen LogP contribution in [0.3, 0.4) is 0 Å². The van der Waals surface area contributed by atoms with Crippen LogP contribution in [0.15, 0.2) is 11.2 Å². The Kier molecular flexibility index (Phi) is 8.30. The molecule has 16 heavy (non-hydrogen) atoms. The van der Waals surface area contributed by atoms with Crippen molar-refractivity contribution in [1.82, 2.24) is 0 Å². The lowest BCUT2D eigenvalue weighted by Gasteiger charge is -2.22. The molecule has 0 spiro atoms. The SMILES string of the molecule is CCCCSC1=COC(SCCCC)CC1. The number of ether oxygens (including phenoxy) is 1. The van der Waals surface area contributed by atoms with Crippen molar-refractivity contribution in [2.45, 2.75) is 57.8 Å². The summed E-state index contributed by atoms with van der Waals surface area (Å²) in [5.41, 5.74) is 0.419. The summed E-state index contributed by atoms with van der Waals surface area (Å²) in [7, 11) is 0. The largest absolute Gasteiger partial charge is 0.487 e. The Morgan fingerprint density at radius 2 is 2.00 bits per heavy atom. The van der Waals surface area contributed by atoms with Gasteiger partial charge < -0.3 is 4.74 Å². The van der Waals surface area contributed by atoms with Crippen LogP contribution in [0.1, 0.15) is 52.4 Å². The lowest BCUT2D eigenvalue weighted by atomic mass is 10.3. The zero-order valence-corrected chi connectivity index (χ0v) is 12.2. The molecule has 3 heteroatoms. The van der Waals surface area contributed by atoms with Gasteiger partial charge >= 0.3 is 0 Å². The Labute approximate surface area is 109 Å². The summed E-state index contributed by atoms with van der Waals surface area (Å²) >= 11 is 3.96. The fourth-order valence-corrected chi connectivity index (χ4v) is 3.69. The first kappa shape index (κ1) is 14.3. The van der Waals surface area contributed by atoms with Crippen LogP contribution in [0.4, 0.5) is 0 Å². The average Bonchev–Trinajstić information content (AvgIpc) is 2.32. The van der Waals surface area contributed by atoms with Crippen LogP contribution in [0.2, 0.25) is 0 Å². The molecular weight excluding hydrogens is 236 g/mol. The number of hydrogen-bond acceptors (Lipinski definition) is 3. The Morgan fingerprint density at radius 1 is 1.25 bits per heavy atom. The molecule has 94 valence electrons. The molecule has 0 fully saturated rings. The van der Waals surface area contributed by atoms with E-state index in [-0.39, 0.29) is 0 Å². The highest BCUT2D eigenvalue weighted by atomic mass is 32.2. The van der Waals surface area contributed by atoms with Crippen LogP contribution in [0.5, 0.6) is 0 Å². The standard InChI is InChI=1S/C13H24OS2/c1-3-5-9-15-12-7-8-13(14-11-12)16-10-6-4-2/h11,13H,3-10H2,1-2H3. The number of hydrogen-bond donors (Lipinski definition) is 0. The van der Waals surface area contributed by atoms with E-state index in [0.717, 1.165) is 0 Å². The van der Waals surface area contributed by atoms with Crippen LogP contribution in [-0.4, -0.2) is 16.9 Å². The van der Waals surface area contributed by atoms with Gasteiger partial charge in [0.25, 0.3) is 0 Å². The van der Waals surface area contributed by atoms with Crippen LogP contribution in [0.25, 0.3) is 0 Å². The predicted octanol–water partition coefficient (Wildman–Crippen LogP) is 5.03. The summed E-state index contributed by atoms with van der Waals surface area (Å²) in [6.07, 6.45) is 9.62. The monoisotopic (exact) mass is 260 g/mol. The highest BCUT2D eigenvalue weighted by Crippen LogP contribution is 2.32. The Morgan fingerprint density at radius 3 is 2.62 bits per heavy atom. The maximum atomic E-state index is 5.75. The number of rotatable bonds is 8. The summed E-state index contributed by atoms with van der Waals surface area (Å²) < 4.78 is 5.75. The predicted molar refractivity (Wildman–Crippen MR) is 76.9 cm³/mol. The topological polar surface area (TPSA) is 9.23 Å². The van der Waals surface area contributed by atoms with Crippen molar-refractivity contribution in [1.29, 1.82) is 0 Å². The molecule has 0 aromatic rings. The van der Waals surface area contributed by atoms with Crippen molar-refractivity contribution in [3.8, 4) is 0 Å². The van der Waals surface area contributed by atoms with Crippen LogP contribution >= 0.6 is 23.5 Å². The Bertz CT molecular complexity index is 204. The van der Waals surface area contributed by atoms with Gasteiger partial charge in [-0.05, 0) is 37.2 Å². The van der Waals surface area contributed by atoms with Crippen molar-refractivity contribution in [2.75, 3.05) is 11.5 Å². The number of allylic oxidation sites excluding steroid dienone is 1. The van der Waals surface area contributed by atoms with E-state index in [9.17, 15) is 0 Å². The van der Waals surface area contributed by atoms with Gasteiger partial charge in [-0.25, -0.2) is 0 Å². The Hall–Kier alpha value is 0.240.